The van der Waals surface area contributed by atoms with Crippen molar-refractivity contribution in [3.8, 4) is 5.69 Å². The Morgan fingerprint density at radius 1 is 0.900 bits per heavy atom. The lowest BCUT2D eigenvalue weighted by molar-refractivity contribution is 0.0991. The monoisotopic (exact) mass is 411 g/mol. The Kier molecular flexibility index (Phi) is 4.86. The van der Waals surface area contributed by atoms with Gasteiger partial charge in [0.05, 0.1) is 5.69 Å². The van der Waals surface area contributed by atoms with Gasteiger partial charge in [-0.1, -0.05) is 78.5 Å². The fraction of sp³-hybridized carbons (Fsp3) is 0.0435. The lowest BCUT2D eigenvalue weighted by Crippen LogP contribution is -2.11. The third-order valence-electron chi connectivity index (χ3n) is 4.86. The average Bonchev–Trinajstić information content (AvgIpc) is 3.45. The Balaban J connectivity index is 1.56. The van der Waals surface area contributed by atoms with Gasteiger partial charge in [0, 0.05) is 22.7 Å². The number of para-hydroxylation sites is 2. The maximum absolute atomic E-state index is 13.7. The molecule has 0 saturated carbocycles. The third-order valence-corrected chi connectivity index (χ3v) is 6.05. The number of H-pyrrole nitrogens is 1. The van der Waals surface area contributed by atoms with Gasteiger partial charge in [-0.3, -0.25) is 4.79 Å². The molecule has 0 aliphatic heterocycles. The van der Waals surface area contributed by atoms with Gasteiger partial charge in [-0.15, -0.1) is 5.10 Å². The smallest absolute Gasteiger partial charge is 0.215 e. The number of carbonyl (C=O) groups excluding carboxylic acids is 1. The van der Waals surface area contributed by atoms with E-state index in [0.29, 0.717) is 10.7 Å². The van der Waals surface area contributed by atoms with Gasteiger partial charge in [0.1, 0.15) is 5.25 Å². The van der Waals surface area contributed by atoms with Crippen molar-refractivity contribution in [2.45, 2.75) is 10.4 Å². The SMILES string of the molecule is O=C(c1c[nH]c2ccccc12)[C@H](Sc1nnnn1-c1ccccc1)c1ccccc1. The first kappa shape index (κ1) is 18.3. The molecule has 0 aliphatic carbocycles. The first-order valence-corrected chi connectivity index (χ1v) is 10.3. The van der Waals surface area contributed by atoms with E-state index >= 15 is 0 Å². The van der Waals surface area contributed by atoms with Crippen LogP contribution in [0.4, 0.5) is 0 Å². The summed E-state index contributed by atoms with van der Waals surface area (Å²) in [5.74, 6) is 0.00580. The van der Waals surface area contributed by atoms with E-state index in [1.807, 2.05) is 84.9 Å². The van der Waals surface area contributed by atoms with Crippen LogP contribution in [0.5, 0.6) is 0 Å². The van der Waals surface area contributed by atoms with Gasteiger partial charge >= 0.3 is 0 Å². The first-order valence-electron chi connectivity index (χ1n) is 9.47. The third kappa shape index (κ3) is 3.40. The van der Waals surface area contributed by atoms with Gasteiger partial charge in [-0.05, 0) is 34.2 Å². The predicted octanol–water partition coefficient (Wildman–Crippen LogP) is 4.86. The minimum Gasteiger partial charge on any atom is -0.360 e. The fourth-order valence-electron chi connectivity index (χ4n) is 3.41. The summed E-state index contributed by atoms with van der Waals surface area (Å²) in [4.78, 5) is 16.9. The summed E-state index contributed by atoms with van der Waals surface area (Å²) in [6, 6.07) is 27.2. The van der Waals surface area contributed by atoms with Crippen LogP contribution in [0.1, 0.15) is 21.2 Å². The summed E-state index contributed by atoms with van der Waals surface area (Å²) >= 11 is 1.35. The summed E-state index contributed by atoms with van der Waals surface area (Å²) in [5, 5.41) is 13.1. The van der Waals surface area contributed by atoms with Crippen molar-refractivity contribution in [1.29, 1.82) is 0 Å². The molecule has 0 bridgehead atoms. The second-order valence-corrected chi connectivity index (χ2v) is 7.80. The Morgan fingerprint density at radius 2 is 1.60 bits per heavy atom. The zero-order valence-electron chi connectivity index (χ0n) is 15.8. The second-order valence-electron chi connectivity index (χ2n) is 6.73. The van der Waals surface area contributed by atoms with Gasteiger partial charge in [-0.2, -0.15) is 4.68 Å². The molecule has 1 atom stereocenters. The van der Waals surface area contributed by atoms with E-state index < -0.39 is 5.25 Å². The van der Waals surface area contributed by atoms with Gasteiger partial charge in [0.15, 0.2) is 5.78 Å². The number of Topliss-reactive ketones (excluding diaryl/α,β-unsaturated/α-hetero) is 1. The Morgan fingerprint density at radius 3 is 2.40 bits per heavy atom. The zero-order chi connectivity index (χ0) is 20.3. The molecule has 3 aromatic carbocycles. The zero-order valence-corrected chi connectivity index (χ0v) is 16.7. The maximum Gasteiger partial charge on any atom is 0.215 e. The minimum absolute atomic E-state index is 0.00580. The number of rotatable bonds is 6. The van der Waals surface area contributed by atoms with Gasteiger partial charge in [0.25, 0.3) is 0 Å². The van der Waals surface area contributed by atoms with Crippen molar-refractivity contribution in [3.05, 3.63) is 102 Å². The number of fused-ring (bicyclic) bond motifs is 1. The van der Waals surface area contributed by atoms with Crippen LogP contribution in [0.15, 0.2) is 96.3 Å². The van der Waals surface area contributed by atoms with E-state index in [0.717, 1.165) is 22.2 Å². The van der Waals surface area contributed by atoms with Crippen molar-refractivity contribution in [3.63, 3.8) is 0 Å². The molecule has 0 aliphatic rings. The van der Waals surface area contributed by atoms with Crippen LogP contribution in [0.25, 0.3) is 16.6 Å². The van der Waals surface area contributed by atoms with Crippen LogP contribution in [0, 0.1) is 0 Å². The highest BCUT2D eigenvalue weighted by Gasteiger charge is 2.28. The molecule has 5 aromatic rings. The first-order chi connectivity index (χ1) is 14.8. The molecular formula is C23H17N5OS. The van der Waals surface area contributed by atoms with Crippen LogP contribution in [0.2, 0.25) is 0 Å². The molecule has 1 N–H and O–H groups in total. The summed E-state index contributed by atoms with van der Waals surface area (Å²) < 4.78 is 1.66. The lowest BCUT2D eigenvalue weighted by atomic mass is 10.0. The molecule has 0 saturated heterocycles. The van der Waals surface area contributed by atoms with Crippen molar-refractivity contribution in [2.24, 2.45) is 0 Å². The number of nitrogens with zero attached hydrogens (tertiary/aromatic N) is 4. The van der Waals surface area contributed by atoms with E-state index in [9.17, 15) is 4.79 Å². The summed E-state index contributed by atoms with van der Waals surface area (Å²) in [5.41, 5.74) is 3.34. The lowest BCUT2D eigenvalue weighted by Gasteiger charge is -2.15. The summed E-state index contributed by atoms with van der Waals surface area (Å²) in [6.07, 6.45) is 1.78. The molecule has 6 nitrogen and oxygen atoms in total. The highest BCUT2D eigenvalue weighted by atomic mass is 32.2. The average molecular weight is 411 g/mol. The number of tetrazole rings is 1. The van der Waals surface area contributed by atoms with E-state index in [1.165, 1.54) is 11.8 Å². The van der Waals surface area contributed by atoms with Crippen LogP contribution >= 0.6 is 11.8 Å². The molecule has 5 rings (SSSR count). The van der Waals surface area contributed by atoms with E-state index in [4.69, 9.17) is 0 Å². The quantitative estimate of drug-likeness (QED) is 0.319. The minimum atomic E-state index is -0.487. The number of nitrogens with one attached hydrogen (secondary N) is 1. The molecule has 0 fully saturated rings. The van der Waals surface area contributed by atoms with E-state index in [-0.39, 0.29) is 5.78 Å². The number of carbonyl (C=O) groups is 1. The Hall–Kier alpha value is -3.71. The summed E-state index contributed by atoms with van der Waals surface area (Å²) in [7, 11) is 0. The number of hydrogen-bond acceptors (Lipinski definition) is 5. The normalized spacial score (nSPS) is 12.1. The number of aromatic nitrogens is 5. The van der Waals surface area contributed by atoms with E-state index in [2.05, 4.69) is 20.5 Å². The van der Waals surface area contributed by atoms with Crippen LogP contribution in [0.3, 0.4) is 0 Å². The van der Waals surface area contributed by atoms with Gasteiger partial charge in [-0.25, -0.2) is 0 Å². The Labute approximate surface area is 176 Å². The molecular weight excluding hydrogens is 394 g/mol. The topological polar surface area (TPSA) is 76.5 Å². The molecule has 0 spiro atoms. The fourth-order valence-corrected chi connectivity index (χ4v) is 4.47. The van der Waals surface area contributed by atoms with Gasteiger partial charge in [0.2, 0.25) is 5.16 Å². The standard InChI is InChI=1S/C23H17N5OS/c29-21(19-15-24-20-14-8-7-13-18(19)20)22(16-9-3-1-4-10-16)30-23-25-26-27-28(23)17-11-5-2-6-12-17/h1-15,22,24H/t22-/m1/s1. The molecule has 2 aromatic heterocycles. The number of ketones is 1. The van der Waals surface area contributed by atoms with Crippen LogP contribution in [-0.2, 0) is 0 Å². The molecule has 0 unspecified atom stereocenters. The summed E-state index contributed by atoms with van der Waals surface area (Å²) in [6.45, 7) is 0. The predicted molar refractivity (Wildman–Crippen MR) is 117 cm³/mol. The second kappa shape index (κ2) is 7.96. The highest BCUT2D eigenvalue weighted by molar-refractivity contribution is 8.00. The molecule has 0 radical (unpaired) electrons. The van der Waals surface area contributed by atoms with Crippen LogP contribution < -0.4 is 0 Å². The maximum atomic E-state index is 13.7. The molecule has 7 heteroatoms. The van der Waals surface area contributed by atoms with Crippen molar-refractivity contribution in [1.82, 2.24) is 25.2 Å². The molecule has 146 valence electrons. The van der Waals surface area contributed by atoms with Gasteiger partial charge < -0.3 is 4.98 Å². The highest BCUT2D eigenvalue weighted by Crippen LogP contribution is 2.38. The van der Waals surface area contributed by atoms with E-state index in [1.54, 1.807) is 10.9 Å². The number of thioether (sulfide) groups is 1. The Bertz CT molecular complexity index is 1300. The molecule has 30 heavy (non-hydrogen) atoms. The molecule has 0 amide bonds. The largest absolute Gasteiger partial charge is 0.360 e. The van der Waals surface area contributed by atoms with Crippen molar-refractivity contribution < 1.29 is 4.79 Å². The van der Waals surface area contributed by atoms with Crippen molar-refractivity contribution in [2.75, 3.05) is 0 Å². The number of aromatic amines is 1. The number of hydrogen-bond donors (Lipinski definition) is 1. The van der Waals surface area contributed by atoms with Crippen LogP contribution in [-0.4, -0.2) is 31.0 Å². The molecule has 2 heterocycles. The van der Waals surface area contributed by atoms with Crippen molar-refractivity contribution >= 4 is 28.4 Å². The number of benzene rings is 3.